The minimum atomic E-state index is 0.639. The van der Waals surface area contributed by atoms with Crippen molar-refractivity contribution in [2.75, 3.05) is 0 Å². The summed E-state index contributed by atoms with van der Waals surface area (Å²) in [5, 5.41) is 8.84. The minimum Gasteiger partial charge on any atom is -0.0898 e. The molecule has 2 nitrogen and oxygen atoms in total. The van der Waals surface area contributed by atoms with Gasteiger partial charge in [0.15, 0.2) is 4.98 Å². The standard InChI is InChI=1S/C14H13N2S/c1-10-9-14(11(2)8-13(10)16-15)17-12-6-4-3-5-7-12/h3-9H,1-2H3/q+1. The van der Waals surface area contributed by atoms with Gasteiger partial charge in [-0.1, -0.05) is 30.0 Å². The van der Waals surface area contributed by atoms with Gasteiger partial charge >= 0.3 is 5.69 Å². The molecule has 0 aliphatic carbocycles. The molecular weight excluding hydrogens is 228 g/mol. The number of rotatable bonds is 2. The highest BCUT2D eigenvalue weighted by Gasteiger charge is 2.13. The summed E-state index contributed by atoms with van der Waals surface area (Å²) in [5.74, 6) is 0. The third kappa shape index (κ3) is 2.66. The zero-order valence-corrected chi connectivity index (χ0v) is 10.7. The molecule has 0 aliphatic rings. The van der Waals surface area contributed by atoms with Crippen LogP contribution in [0, 0.1) is 19.2 Å². The maximum Gasteiger partial charge on any atom is 0.388 e. The lowest BCUT2D eigenvalue weighted by Crippen LogP contribution is -1.83. The Labute approximate surface area is 105 Å². The van der Waals surface area contributed by atoms with Crippen molar-refractivity contribution in [3.8, 4) is 0 Å². The van der Waals surface area contributed by atoms with Crippen LogP contribution in [0.25, 0.3) is 4.98 Å². The summed E-state index contributed by atoms with van der Waals surface area (Å²) < 4.78 is 0. The molecule has 0 saturated carbocycles. The smallest absolute Gasteiger partial charge is 0.0898 e. The Hall–Kier alpha value is -1.79. The van der Waals surface area contributed by atoms with Crippen LogP contribution < -0.4 is 0 Å². The van der Waals surface area contributed by atoms with E-state index in [1.54, 1.807) is 11.8 Å². The molecule has 0 fully saturated rings. The molecule has 0 unspecified atom stereocenters. The first-order valence-corrected chi connectivity index (χ1v) is 6.21. The predicted octanol–water partition coefficient (Wildman–Crippen LogP) is 4.94. The van der Waals surface area contributed by atoms with E-state index in [-0.39, 0.29) is 0 Å². The van der Waals surface area contributed by atoms with Gasteiger partial charge in [0.2, 0.25) is 5.39 Å². The lowest BCUT2D eigenvalue weighted by atomic mass is 10.1. The number of nitrogens with zero attached hydrogens (tertiary/aromatic N) is 2. The van der Waals surface area contributed by atoms with Crippen LogP contribution in [0.1, 0.15) is 11.1 Å². The monoisotopic (exact) mass is 241 g/mol. The molecule has 3 heteroatoms. The molecule has 0 radical (unpaired) electrons. The second-order valence-electron chi connectivity index (χ2n) is 3.92. The normalized spacial score (nSPS) is 9.94. The number of aryl methyl sites for hydroxylation is 2. The van der Waals surface area contributed by atoms with Crippen molar-refractivity contribution >= 4 is 17.4 Å². The first-order valence-electron chi connectivity index (χ1n) is 5.40. The fraction of sp³-hybridized carbons (Fsp3) is 0.143. The average Bonchev–Trinajstić information content (AvgIpc) is 2.34. The quantitative estimate of drug-likeness (QED) is 0.697. The van der Waals surface area contributed by atoms with E-state index < -0.39 is 0 Å². The molecular formula is C14H13N2S+. The SMILES string of the molecule is Cc1cc(Sc2ccccc2)c(C)cc1[N+]#N. The molecule has 2 aromatic carbocycles. The van der Waals surface area contributed by atoms with Crippen molar-refractivity contribution in [1.82, 2.24) is 0 Å². The summed E-state index contributed by atoms with van der Waals surface area (Å²) >= 11 is 1.72. The van der Waals surface area contributed by atoms with E-state index in [2.05, 4.69) is 23.2 Å². The van der Waals surface area contributed by atoms with E-state index in [1.807, 2.05) is 38.1 Å². The summed E-state index contributed by atoms with van der Waals surface area (Å²) in [7, 11) is 0. The lowest BCUT2D eigenvalue weighted by Gasteiger charge is -2.05. The molecule has 17 heavy (non-hydrogen) atoms. The van der Waals surface area contributed by atoms with Crippen LogP contribution in [0.4, 0.5) is 5.69 Å². The molecule has 0 heterocycles. The van der Waals surface area contributed by atoms with Crippen LogP contribution in [0.2, 0.25) is 0 Å². The van der Waals surface area contributed by atoms with Crippen molar-refractivity contribution in [2.24, 2.45) is 0 Å². The number of hydrogen-bond donors (Lipinski definition) is 0. The van der Waals surface area contributed by atoms with Crippen LogP contribution in [-0.2, 0) is 0 Å². The second kappa shape index (κ2) is 5.03. The molecule has 0 atom stereocenters. The fourth-order valence-corrected chi connectivity index (χ4v) is 2.61. The molecule has 0 aromatic heterocycles. The fourth-order valence-electron chi connectivity index (χ4n) is 1.61. The molecule has 0 aliphatic heterocycles. The molecule has 2 aromatic rings. The summed E-state index contributed by atoms with van der Waals surface area (Å²) in [4.78, 5) is 5.68. The van der Waals surface area contributed by atoms with Gasteiger partial charge in [0, 0.05) is 21.4 Å². The van der Waals surface area contributed by atoms with Gasteiger partial charge in [-0.15, -0.1) is 0 Å². The van der Waals surface area contributed by atoms with E-state index >= 15 is 0 Å². The largest absolute Gasteiger partial charge is 0.388 e. The zero-order valence-electron chi connectivity index (χ0n) is 9.84. The number of benzene rings is 2. The van der Waals surface area contributed by atoms with Crippen LogP contribution in [-0.4, -0.2) is 0 Å². The van der Waals surface area contributed by atoms with E-state index in [1.165, 1.54) is 9.79 Å². The maximum atomic E-state index is 8.84. The zero-order chi connectivity index (χ0) is 12.3. The maximum absolute atomic E-state index is 8.84. The van der Waals surface area contributed by atoms with Gasteiger partial charge in [-0.05, 0) is 37.6 Å². The van der Waals surface area contributed by atoms with Crippen LogP contribution in [0.3, 0.4) is 0 Å². The van der Waals surface area contributed by atoms with E-state index in [0.717, 1.165) is 11.1 Å². The first kappa shape index (κ1) is 11.7. The topological polar surface area (TPSA) is 28.1 Å². The van der Waals surface area contributed by atoms with Crippen LogP contribution in [0.5, 0.6) is 0 Å². The molecule has 0 bridgehead atoms. The van der Waals surface area contributed by atoms with Crippen molar-refractivity contribution in [2.45, 2.75) is 23.6 Å². The highest BCUT2D eigenvalue weighted by Crippen LogP contribution is 2.34. The Morgan fingerprint density at radius 2 is 1.71 bits per heavy atom. The van der Waals surface area contributed by atoms with E-state index in [4.69, 9.17) is 5.39 Å². The van der Waals surface area contributed by atoms with E-state index in [9.17, 15) is 0 Å². The van der Waals surface area contributed by atoms with Crippen LogP contribution in [0.15, 0.2) is 52.3 Å². The Kier molecular flexibility index (Phi) is 3.46. The summed E-state index contributed by atoms with van der Waals surface area (Å²) in [6.45, 7) is 3.98. The van der Waals surface area contributed by atoms with Crippen LogP contribution >= 0.6 is 11.8 Å². The molecule has 0 saturated heterocycles. The molecule has 0 N–H and O–H groups in total. The second-order valence-corrected chi connectivity index (χ2v) is 5.03. The molecule has 0 amide bonds. The Morgan fingerprint density at radius 3 is 2.35 bits per heavy atom. The minimum absolute atomic E-state index is 0.639. The Balaban J connectivity index is 2.35. The highest BCUT2D eigenvalue weighted by molar-refractivity contribution is 7.99. The lowest BCUT2D eigenvalue weighted by molar-refractivity contribution is 1.25. The number of hydrogen-bond acceptors (Lipinski definition) is 2. The van der Waals surface area contributed by atoms with Gasteiger partial charge in [0.1, 0.15) is 0 Å². The van der Waals surface area contributed by atoms with Gasteiger partial charge in [-0.25, -0.2) is 0 Å². The molecule has 2 rings (SSSR count). The third-order valence-electron chi connectivity index (χ3n) is 2.57. The summed E-state index contributed by atoms with van der Waals surface area (Å²) in [5.41, 5.74) is 2.74. The predicted molar refractivity (Wildman–Crippen MR) is 71.2 cm³/mol. The van der Waals surface area contributed by atoms with Gasteiger partial charge < -0.3 is 0 Å². The summed E-state index contributed by atoms with van der Waals surface area (Å²) in [6.07, 6.45) is 0. The van der Waals surface area contributed by atoms with Gasteiger partial charge in [-0.3, -0.25) is 0 Å². The van der Waals surface area contributed by atoms with Gasteiger partial charge in [-0.2, -0.15) is 0 Å². The Morgan fingerprint density at radius 1 is 1.00 bits per heavy atom. The van der Waals surface area contributed by atoms with Crippen molar-refractivity contribution in [3.05, 3.63) is 58.6 Å². The van der Waals surface area contributed by atoms with Gasteiger partial charge in [0.05, 0.1) is 0 Å². The van der Waals surface area contributed by atoms with Crippen molar-refractivity contribution in [3.63, 3.8) is 0 Å². The Bertz CT molecular complexity index is 571. The highest BCUT2D eigenvalue weighted by atomic mass is 32.2. The number of diazo groups is 1. The summed E-state index contributed by atoms with van der Waals surface area (Å²) in [6, 6.07) is 14.2. The van der Waals surface area contributed by atoms with E-state index in [0.29, 0.717) is 5.69 Å². The third-order valence-corrected chi connectivity index (χ3v) is 3.74. The van der Waals surface area contributed by atoms with Crippen molar-refractivity contribution < 1.29 is 0 Å². The first-order chi connectivity index (χ1) is 8.20. The molecule has 84 valence electrons. The van der Waals surface area contributed by atoms with Gasteiger partial charge in [0.25, 0.3) is 0 Å². The average molecular weight is 241 g/mol. The van der Waals surface area contributed by atoms with Crippen molar-refractivity contribution in [1.29, 1.82) is 5.39 Å². The molecule has 0 spiro atoms.